The number of rotatable bonds is 3. The Balaban J connectivity index is 1.55. The lowest BCUT2D eigenvalue weighted by molar-refractivity contribution is 0.184. The van der Waals surface area contributed by atoms with Gasteiger partial charge in [-0.1, -0.05) is 32.9 Å². The van der Waals surface area contributed by atoms with E-state index in [0.717, 1.165) is 44.1 Å². The molecule has 2 heterocycles. The zero-order chi connectivity index (χ0) is 16.4. The molecule has 1 aromatic heterocycles. The maximum Gasteiger partial charge on any atom is 0.208 e. The lowest BCUT2D eigenvalue weighted by atomic mass is 9.89. The number of benzene rings is 1. The van der Waals surface area contributed by atoms with Crippen molar-refractivity contribution in [2.45, 2.75) is 51.5 Å². The summed E-state index contributed by atoms with van der Waals surface area (Å²) >= 11 is 0. The third-order valence-corrected chi connectivity index (χ3v) is 4.60. The zero-order valence-electron chi connectivity index (χ0n) is 14.2. The maximum absolute atomic E-state index is 9.39. The number of aromatic hydroxyl groups is 1. The van der Waals surface area contributed by atoms with E-state index in [4.69, 9.17) is 4.42 Å². The van der Waals surface area contributed by atoms with Gasteiger partial charge in [0.15, 0.2) is 0 Å². The Hall–Kier alpha value is -1.81. The average Bonchev–Trinajstić information content (AvgIpc) is 2.98. The number of piperidine rings is 1. The second-order valence-electron chi connectivity index (χ2n) is 7.51. The van der Waals surface area contributed by atoms with Crippen molar-refractivity contribution in [2.75, 3.05) is 13.1 Å². The van der Waals surface area contributed by atoms with Gasteiger partial charge in [-0.05, 0) is 49.5 Å². The molecule has 0 bridgehead atoms. The molecule has 1 aliphatic rings. The summed E-state index contributed by atoms with van der Waals surface area (Å²) in [5.74, 6) is 2.69. The van der Waals surface area contributed by atoms with Crippen LogP contribution in [0.1, 0.15) is 56.7 Å². The molecule has 1 aromatic carbocycles. The monoisotopic (exact) mass is 314 g/mol. The average molecular weight is 314 g/mol. The van der Waals surface area contributed by atoms with Gasteiger partial charge in [0, 0.05) is 5.41 Å². The number of aromatic nitrogens is 1. The van der Waals surface area contributed by atoms with Gasteiger partial charge < -0.3 is 9.52 Å². The molecule has 1 fully saturated rings. The van der Waals surface area contributed by atoms with Crippen molar-refractivity contribution in [3.8, 4) is 5.75 Å². The van der Waals surface area contributed by atoms with Gasteiger partial charge in [-0.3, -0.25) is 4.90 Å². The molecule has 3 rings (SSSR count). The highest BCUT2D eigenvalue weighted by atomic mass is 16.4. The van der Waals surface area contributed by atoms with Gasteiger partial charge in [0.1, 0.15) is 11.5 Å². The van der Waals surface area contributed by atoms with E-state index < -0.39 is 0 Å². The van der Waals surface area contributed by atoms with Crippen molar-refractivity contribution < 1.29 is 9.52 Å². The van der Waals surface area contributed by atoms with Crippen LogP contribution in [0.25, 0.3) is 0 Å². The molecule has 1 saturated heterocycles. The highest BCUT2D eigenvalue weighted by Gasteiger charge is 2.23. The van der Waals surface area contributed by atoms with Crippen LogP contribution in [0.2, 0.25) is 0 Å². The molecule has 0 atom stereocenters. The summed E-state index contributed by atoms with van der Waals surface area (Å²) in [5.41, 5.74) is 1.34. The molecule has 0 spiro atoms. The van der Waals surface area contributed by atoms with E-state index >= 15 is 0 Å². The van der Waals surface area contributed by atoms with Gasteiger partial charge in [-0.15, -0.1) is 0 Å². The number of likely N-dealkylation sites (tertiary alicyclic amines) is 1. The molecule has 0 saturated carbocycles. The van der Waals surface area contributed by atoms with Crippen LogP contribution in [-0.2, 0) is 12.0 Å². The second kappa shape index (κ2) is 6.36. The molecule has 0 amide bonds. The van der Waals surface area contributed by atoms with Crippen molar-refractivity contribution in [1.29, 1.82) is 0 Å². The first kappa shape index (κ1) is 16.1. The largest absolute Gasteiger partial charge is 0.508 e. The Kier molecular flexibility index (Phi) is 4.44. The minimum atomic E-state index is 0.0110. The van der Waals surface area contributed by atoms with E-state index in [0.29, 0.717) is 11.7 Å². The van der Waals surface area contributed by atoms with Gasteiger partial charge in [0.05, 0.1) is 12.7 Å². The predicted molar refractivity (Wildman–Crippen MR) is 90.6 cm³/mol. The molecular weight excluding hydrogens is 288 g/mol. The fraction of sp³-hybridized carbons (Fsp3) is 0.526. The summed E-state index contributed by atoms with van der Waals surface area (Å²) < 4.78 is 5.89. The standard InChI is InChI=1S/C19H26N2O2/c1-19(2,3)17-12-20-18(23-17)13-21-10-8-15(9-11-21)14-4-6-16(22)7-5-14/h4-7,12,15,22H,8-11,13H2,1-3H3. The van der Waals surface area contributed by atoms with E-state index in [9.17, 15) is 5.11 Å². The first-order chi connectivity index (χ1) is 10.9. The van der Waals surface area contributed by atoms with Gasteiger partial charge >= 0.3 is 0 Å². The highest BCUT2D eigenvalue weighted by molar-refractivity contribution is 5.28. The smallest absolute Gasteiger partial charge is 0.208 e. The molecule has 4 heteroatoms. The zero-order valence-corrected chi connectivity index (χ0v) is 14.2. The number of hydrogen-bond donors (Lipinski definition) is 1. The lowest BCUT2D eigenvalue weighted by Crippen LogP contribution is -2.32. The van der Waals surface area contributed by atoms with Crippen LogP contribution in [-0.4, -0.2) is 28.1 Å². The number of oxazole rings is 1. The van der Waals surface area contributed by atoms with E-state index in [1.54, 1.807) is 12.1 Å². The molecule has 0 aliphatic carbocycles. The summed E-state index contributed by atoms with van der Waals surface area (Å²) in [6.45, 7) is 9.32. The van der Waals surface area contributed by atoms with Crippen LogP contribution in [0.15, 0.2) is 34.9 Å². The first-order valence-electron chi connectivity index (χ1n) is 8.38. The van der Waals surface area contributed by atoms with Crippen LogP contribution >= 0.6 is 0 Å². The molecule has 1 aliphatic heterocycles. The van der Waals surface area contributed by atoms with E-state index in [-0.39, 0.29) is 5.41 Å². The van der Waals surface area contributed by atoms with E-state index in [2.05, 4.69) is 30.7 Å². The molecule has 0 radical (unpaired) electrons. The lowest BCUT2D eigenvalue weighted by Gasteiger charge is -2.31. The number of phenols is 1. The van der Waals surface area contributed by atoms with Crippen molar-refractivity contribution >= 4 is 0 Å². The Labute approximate surface area is 138 Å². The Morgan fingerprint density at radius 2 is 1.83 bits per heavy atom. The summed E-state index contributed by atoms with van der Waals surface area (Å²) in [6, 6.07) is 7.64. The normalized spacial score (nSPS) is 17.5. The van der Waals surface area contributed by atoms with Crippen LogP contribution in [0.5, 0.6) is 5.75 Å². The topological polar surface area (TPSA) is 49.5 Å². The maximum atomic E-state index is 9.39. The molecule has 0 unspecified atom stereocenters. The molecule has 124 valence electrons. The van der Waals surface area contributed by atoms with Gasteiger partial charge in [0.2, 0.25) is 5.89 Å². The third kappa shape index (κ3) is 3.94. The molecular formula is C19H26N2O2. The Bertz CT molecular complexity index is 632. The quantitative estimate of drug-likeness (QED) is 0.928. The Morgan fingerprint density at radius 3 is 2.39 bits per heavy atom. The van der Waals surface area contributed by atoms with Crippen molar-refractivity contribution in [1.82, 2.24) is 9.88 Å². The van der Waals surface area contributed by atoms with E-state index in [1.165, 1.54) is 5.56 Å². The fourth-order valence-corrected chi connectivity index (χ4v) is 3.09. The van der Waals surface area contributed by atoms with Crippen LogP contribution in [0, 0.1) is 0 Å². The SMILES string of the molecule is CC(C)(C)c1cnc(CN2CCC(c3ccc(O)cc3)CC2)o1. The van der Waals surface area contributed by atoms with Gasteiger partial charge in [0.25, 0.3) is 0 Å². The molecule has 2 aromatic rings. The first-order valence-corrected chi connectivity index (χ1v) is 8.38. The molecule has 23 heavy (non-hydrogen) atoms. The molecule has 1 N–H and O–H groups in total. The summed E-state index contributed by atoms with van der Waals surface area (Å²) in [7, 11) is 0. The Morgan fingerprint density at radius 1 is 1.17 bits per heavy atom. The second-order valence-corrected chi connectivity index (χ2v) is 7.51. The van der Waals surface area contributed by atoms with Gasteiger partial charge in [-0.2, -0.15) is 0 Å². The summed E-state index contributed by atoms with van der Waals surface area (Å²) in [6.07, 6.45) is 4.13. The minimum Gasteiger partial charge on any atom is -0.508 e. The highest BCUT2D eigenvalue weighted by Crippen LogP contribution is 2.30. The van der Waals surface area contributed by atoms with Crippen LogP contribution < -0.4 is 0 Å². The van der Waals surface area contributed by atoms with Crippen LogP contribution in [0.4, 0.5) is 0 Å². The number of hydrogen-bond acceptors (Lipinski definition) is 4. The van der Waals surface area contributed by atoms with Crippen molar-refractivity contribution in [2.24, 2.45) is 0 Å². The van der Waals surface area contributed by atoms with Crippen LogP contribution in [0.3, 0.4) is 0 Å². The van der Waals surface area contributed by atoms with Crippen molar-refractivity contribution in [3.05, 3.63) is 47.7 Å². The third-order valence-electron chi connectivity index (χ3n) is 4.60. The molecule has 4 nitrogen and oxygen atoms in total. The summed E-state index contributed by atoms with van der Waals surface area (Å²) in [4.78, 5) is 6.84. The minimum absolute atomic E-state index is 0.0110. The van der Waals surface area contributed by atoms with Crippen molar-refractivity contribution in [3.63, 3.8) is 0 Å². The number of nitrogens with zero attached hydrogens (tertiary/aromatic N) is 2. The van der Waals surface area contributed by atoms with Gasteiger partial charge in [-0.25, -0.2) is 4.98 Å². The van der Waals surface area contributed by atoms with E-state index in [1.807, 2.05) is 18.3 Å². The number of phenolic OH excluding ortho intramolecular Hbond substituents is 1. The fourth-order valence-electron chi connectivity index (χ4n) is 3.09. The summed E-state index contributed by atoms with van der Waals surface area (Å²) in [5, 5.41) is 9.39. The predicted octanol–water partition coefficient (Wildman–Crippen LogP) is 4.06.